The smallest absolute Gasteiger partial charge is 0.291 e. The summed E-state index contributed by atoms with van der Waals surface area (Å²) in [5.41, 5.74) is 0.969. The third kappa shape index (κ3) is 3.58. The number of carbonyl (C=O) groups excluding carboxylic acids is 1. The molecule has 0 aliphatic carbocycles. The Morgan fingerprint density at radius 1 is 1.08 bits per heavy atom. The maximum Gasteiger partial charge on any atom is 0.291 e. The number of nitrogens with zero attached hydrogens (tertiary/aromatic N) is 3. The van der Waals surface area contributed by atoms with Crippen LogP contribution >= 0.6 is 0 Å². The first-order valence-corrected chi connectivity index (χ1v) is 7.80. The van der Waals surface area contributed by atoms with Gasteiger partial charge in [0.05, 0.1) is 11.7 Å². The van der Waals surface area contributed by atoms with Gasteiger partial charge in [-0.15, -0.1) is 5.10 Å². The Kier molecular flexibility index (Phi) is 4.75. The zero-order valence-corrected chi connectivity index (χ0v) is 14.0. The van der Waals surface area contributed by atoms with Gasteiger partial charge in [-0.25, -0.2) is 22.8 Å². The van der Waals surface area contributed by atoms with Gasteiger partial charge in [0.2, 0.25) is 5.82 Å². The molecule has 134 valence electrons. The minimum Gasteiger partial charge on any atom is -0.343 e. The largest absolute Gasteiger partial charge is 0.343 e. The van der Waals surface area contributed by atoms with Crippen LogP contribution in [0.3, 0.4) is 0 Å². The van der Waals surface area contributed by atoms with Crippen LogP contribution in [0.15, 0.2) is 42.5 Å². The quantitative estimate of drug-likeness (QED) is 0.775. The van der Waals surface area contributed by atoms with Crippen molar-refractivity contribution in [1.82, 2.24) is 20.1 Å². The molecule has 0 aliphatic heterocycles. The molecule has 8 heteroatoms. The molecule has 0 radical (unpaired) electrons. The Morgan fingerprint density at radius 2 is 1.77 bits per heavy atom. The predicted octanol–water partition coefficient (Wildman–Crippen LogP) is 3.48. The molecule has 0 saturated carbocycles. The fourth-order valence-electron chi connectivity index (χ4n) is 2.44. The molecule has 26 heavy (non-hydrogen) atoms. The molecule has 1 heterocycles. The van der Waals surface area contributed by atoms with Gasteiger partial charge in [-0.05, 0) is 55.8 Å². The van der Waals surface area contributed by atoms with Gasteiger partial charge in [0.1, 0.15) is 11.6 Å². The molecule has 3 aromatic rings. The SMILES string of the molecule is Cc1nc(C(=O)NC(C)c2ccc(F)c(F)c2)nn1-c1ccc(F)cc1. The lowest BCUT2D eigenvalue weighted by Gasteiger charge is -2.13. The summed E-state index contributed by atoms with van der Waals surface area (Å²) in [6.45, 7) is 3.29. The van der Waals surface area contributed by atoms with Crippen LogP contribution in [0.4, 0.5) is 13.2 Å². The van der Waals surface area contributed by atoms with Gasteiger partial charge in [-0.3, -0.25) is 4.79 Å². The molecule has 5 nitrogen and oxygen atoms in total. The molecule has 1 N–H and O–H groups in total. The Bertz CT molecular complexity index is 954. The van der Waals surface area contributed by atoms with E-state index in [0.29, 0.717) is 17.1 Å². The highest BCUT2D eigenvalue weighted by Gasteiger charge is 2.18. The van der Waals surface area contributed by atoms with E-state index in [1.165, 1.54) is 35.0 Å². The molecule has 1 unspecified atom stereocenters. The maximum absolute atomic E-state index is 13.3. The molecule has 2 aromatic carbocycles. The molecule has 0 spiro atoms. The second-order valence-corrected chi connectivity index (χ2v) is 5.74. The van der Waals surface area contributed by atoms with Crippen LogP contribution in [0.1, 0.15) is 35.0 Å². The first-order valence-electron chi connectivity index (χ1n) is 7.80. The normalized spacial score (nSPS) is 12.0. The minimum absolute atomic E-state index is 0.0822. The summed E-state index contributed by atoms with van der Waals surface area (Å²) in [4.78, 5) is 16.5. The van der Waals surface area contributed by atoms with Crippen molar-refractivity contribution in [2.75, 3.05) is 0 Å². The van der Waals surface area contributed by atoms with E-state index in [-0.39, 0.29) is 11.6 Å². The number of hydrogen-bond acceptors (Lipinski definition) is 3. The van der Waals surface area contributed by atoms with Crippen LogP contribution in [0.5, 0.6) is 0 Å². The van der Waals surface area contributed by atoms with Crippen LogP contribution < -0.4 is 5.32 Å². The summed E-state index contributed by atoms with van der Waals surface area (Å²) in [6, 6.07) is 8.43. The number of aromatic nitrogens is 3. The first-order chi connectivity index (χ1) is 12.3. The van der Waals surface area contributed by atoms with Crippen molar-refractivity contribution in [2.45, 2.75) is 19.9 Å². The summed E-state index contributed by atoms with van der Waals surface area (Å²) in [5, 5.41) is 6.76. The Labute approximate surface area is 147 Å². The molecule has 1 amide bonds. The van der Waals surface area contributed by atoms with Gasteiger partial charge >= 0.3 is 0 Å². The van der Waals surface area contributed by atoms with E-state index in [4.69, 9.17) is 0 Å². The molecular weight excluding hydrogens is 345 g/mol. The van der Waals surface area contributed by atoms with Gasteiger partial charge in [-0.2, -0.15) is 0 Å². The second kappa shape index (κ2) is 6.99. The number of amides is 1. The Balaban J connectivity index is 1.78. The lowest BCUT2D eigenvalue weighted by molar-refractivity contribution is 0.0929. The van der Waals surface area contributed by atoms with Crippen LogP contribution in [-0.4, -0.2) is 20.7 Å². The van der Waals surface area contributed by atoms with Gasteiger partial charge in [0.15, 0.2) is 11.6 Å². The van der Waals surface area contributed by atoms with Crippen molar-refractivity contribution in [3.8, 4) is 5.69 Å². The first kappa shape index (κ1) is 17.7. The van der Waals surface area contributed by atoms with Crippen molar-refractivity contribution < 1.29 is 18.0 Å². The summed E-state index contributed by atoms with van der Waals surface area (Å²) >= 11 is 0. The van der Waals surface area contributed by atoms with E-state index in [1.807, 2.05) is 0 Å². The lowest BCUT2D eigenvalue weighted by atomic mass is 10.1. The molecule has 1 atom stereocenters. The highest BCUT2D eigenvalue weighted by Crippen LogP contribution is 2.17. The number of aryl methyl sites for hydroxylation is 1. The van der Waals surface area contributed by atoms with Gasteiger partial charge in [0, 0.05) is 0 Å². The fraction of sp³-hybridized carbons (Fsp3) is 0.167. The molecule has 0 bridgehead atoms. The zero-order chi connectivity index (χ0) is 18.8. The fourth-order valence-corrected chi connectivity index (χ4v) is 2.44. The van der Waals surface area contributed by atoms with E-state index >= 15 is 0 Å². The average Bonchev–Trinajstić information content (AvgIpc) is 3.00. The number of benzene rings is 2. The highest BCUT2D eigenvalue weighted by atomic mass is 19.2. The van der Waals surface area contributed by atoms with Crippen LogP contribution in [0, 0.1) is 24.4 Å². The van der Waals surface area contributed by atoms with Crippen LogP contribution in [0.25, 0.3) is 5.69 Å². The predicted molar refractivity (Wildman–Crippen MR) is 88.3 cm³/mol. The topological polar surface area (TPSA) is 59.8 Å². The molecular formula is C18H15F3N4O. The second-order valence-electron chi connectivity index (χ2n) is 5.74. The summed E-state index contributed by atoms with van der Waals surface area (Å²) in [7, 11) is 0. The van der Waals surface area contributed by atoms with Crippen molar-refractivity contribution in [2.24, 2.45) is 0 Å². The standard InChI is InChI=1S/C18H15F3N4O/c1-10(12-3-8-15(20)16(21)9-12)22-18(26)17-23-11(2)25(24-17)14-6-4-13(19)5-7-14/h3-10H,1-2H3,(H,22,26). The number of carbonyl (C=O) groups is 1. The van der Waals surface area contributed by atoms with E-state index in [0.717, 1.165) is 12.1 Å². The van der Waals surface area contributed by atoms with Gasteiger partial charge in [0.25, 0.3) is 5.91 Å². The van der Waals surface area contributed by atoms with Crippen molar-refractivity contribution in [3.63, 3.8) is 0 Å². The van der Waals surface area contributed by atoms with E-state index in [1.54, 1.807) is 13.8 Å². The number of rotatable bonds is 4. The average molecular weight is 360 g/mol. The Hall–Kier alpha value is -3.16. The Morgan fingerprint density at radius 3 is 2.42 bits per heavy atom. The molecule has 3 rings (SSSR count). The summed E-state index contributed by atoms with van der Waals surface area (Å²) < 4.78 is 40.8. The van der Waals surface area contributed by atoms with E-state index in [2.05, 4.69) is 15.4 Å². The third-order valence-corrected chi connectivity index (χ3v) is 3.83. The van der Waals surface area contributed by atoms with Crippen molar-refractivity contribution in [3.05, 3.63) is 77.1 Å². The van der Waals surface area contributed by atoms with Crippen molar-refractivity contribution in [1.29, 1.82) is 0 Å². The number of nitrogens with one attached hydrogen (secondary N) is 1. The highest BCUT2D eigenvalue weighted by molar-refractivity contribution is 5.90. The third-order valence-electron chi connectivity index (χ3n) is 3.83. The monoisotopic (exact) mass is 360 g/mol. The van der Waals surface area contributed by atoms with E-state index in [9.17, 15) is 18.0 Å². The lowest BCUT2D eigenvalue weighted by Crippen LogP contribution is -2.28. The molecule has 0 fully saturated rings. The zero-order valence-electron chi connectivity index (χ0n) is 14.0. The van der Waals surface area contributed by atoms with Gasteiger partial charge in [-0.1, -0.05) is 6.07 Å². The maximum atomic E-state index is 13.3. The number of hydrogen-bond donors (Lipinski definition) is 1. The van der Waals surface area contributed by atoms with E-state index < -0.39 is 23.6 Å². The summed E-state index contributed by atoms with van der Waals surface area (Å²) in [6.07, 6.45) is 0. The van der Waals surface area contributed by atoms with Crippen molar-refractivity contribution >= 4 is 5.91 Å². The number of halogens is 3. The van der Waals surface area contributed by atoms with Gasteiger partial charge < -0.3 is 5.32 Å². The minimum atomic E-state index is -0.988. The molecule has 0 saturated heterocycles. The van der Waals surface area contributed by atoms with Crippen LogP contribution in [-0.2, 0) is 0 Å². The summed E-state index contributed by atoms with van der Waals surface area (Å²) in [5.74, 6) is -2.53. The van der Waals surface area contributed by atoms with Crippen LogP contribution in [0.2, 0.25) is 0 Å². The molecule has 1 aromatic heterocycles. The molecule has 0 aliphatic rings.